The van der Waals surface area contributed by atoms with Crippen molar-refractivity contribution in [2.24, 2.45) is 0 Å². The number of benzene rings is 4. The van der Waals surface area contributed by atoms with Gasteiger partial charge < -0.3 is 25.2 Å². The van der Waals surface area contributed by atoms with E-state index in [9.17, 15) is 18.0 Å². The molecule has 0 bridgehead atoms. The molecule has 2 amide bonds. The van der Waals surface area contributed by atoms with Gasteiger partial charge in [-0.05, 0) is 59.0 Å². The number of methoxy groups -OCH3 is 1. The van der Waals surface area contributed by atoms with Crippen LogP contribution in [0.1, 0.15) is 48.0 Å². The second-order valence-corrected chi connectivity index (χ2v) is 14.0. The van der Waals surface area contributed by atoms with E-state index in [1.165, 1.54) is 7.11 Å². The SMILES string of the molecule is COc1c(NC(=O)Nc2ccc(Oc3ccnc(Cc4ccc(C(=O)O)cc4)c3)c3ccccc23)cc(C(C)(C)C)cc1NS(C)(=O)=O. The van der Waals surface area contributed by atoms with Gasteiger partial charge in [0.2, 0.25) is 10.0 Å². The summed E-state index contributed by atoms with van der Waals surface area (Å²) in [5.41, 5.74) is 3.33. The normalized spacial score (nSPS) is 11.5. The van der Waals surface area contributed by atoms with Crippen molar-refractivity contribution in [3.8, 4) is 17.2 Å². The van der Waals surface area contributed by atoms with Crippen LogP contribution < -0.4 is 24.8 Å². The first-order valence-corrected chi connectivity index (χ1v) is 16.8. The van der Waals surface area contributed by atoms with Crippen molar-refractivity contribution in [2.45, 2.75) is 32.6 Å². The van der Waals surface area contributed by atoms with Crippen LogP contribution in [0.25, 0.3) is 10.8 Å². The minimum Gasteiger partial charge on any atom is -0.492 e. The van der Waals surface area contributed by atoms with Crippen molar-refractivity contribution in [1.29, 1.82) is 0 Å². The molecule has 11 nitrogen and oxygen atoms in total. The minimum absolute atomic E-state index is 0.172. The number of carboxylic acid groups (broad SMARTS) is 1. The van der Waals surface area contributed by atoms with Crippen LogP contribution in [0.4, 0.5) is 21.9 Å². The number of carbonyl (C=O) groups excluding carboxylic acids is 1. The summed E-state index contributed by atoms with van der Waals surface area (Å²) in [6.45, 7) is 5.94. The number of nitrogens with one attached hydrogen (secondary N) is 3. The molecule has 4 N–H and O–H groups in total. The summed E-state index contributed by atoms with van der Waals surface area (Å²) >= 11 is 0. The van der Waals surface area contributed by atoms with Crippen molar-refractivity contribution in [1.82, 2.24) is 4.98 Å². The highest BCUT2D eigenvalue weighted by Gasteiger charge is 2.22. The van der Waals surface area contributed by atoms with E-state index < -0.39 is 22.0 Å². The molecule has 1 heterocycles. The van der Waals surface area contributed by atoms with Gasteiger partial charge >= 0.3 is 12.0 Å². The van der Waals surface area contributed by atoms with Gasteiger partial charge in [-0.1, -0.05) is 57.2 Å². The molecular formula is C36H36N4O7S. The molecule has 0 aliphatic rings. The van der Waals surface area contributed by atoms with E-state index in [1.54, 1.807) is 60.8 Å². The number of pyridine rings is 1. The largest absolute Gasteiger partial charge is 0.492 e. The molecule has 0 saturated heterocycles. The van der Waals surface area contributed by atoms with Gasteiger partial charge in [0.1, 0.15) is 11.5 Å². The number of rotatable bonds is 10. The van der Waals surface area contributed by atoms with Gasteiger partial charge in [-0.25, -0.2) is 18.0 Å². The van der Waals surface area contributed by atoms with Gasteiger partial charge in [0.15, 0.2) is 5.75 Å². The number of aromatic carboxylic acids is 1. The summed E-state index contributed by atoms with van der Waals surface area (Å²) < 4.78 is 38.5. The number of aromatic nitrogens is 1. The molecule has 0 atom stereocenters. The average molecular weight is 669 g/mol. The van der Waals surface area contributed by atoms with Crippen molar-refractivity contribution >= 4 is 49.9 Å². The van der Waals surface area contributed by atoms with E-state index in [1.807, 2.05) is 51.1 Å². The highest BCUT2D eigenvalue weighted by atomic mass is 32.2. The Kier molecular flexibility index (Phi) is 9.57. The van der Waals surface area contributed by atoms with Crippen LogP contribution in [0.3, 0.4) is 0 Å². The molecule has 0 fully saturated rings. The predicted octanol–water partition coefficient (Wildman–Crippen LogP) is 7.64. The van der Waals surface area contributed by atoms with Crippen molar-refractivity contribution in [3.05, 3.63) is 114 Å². The van der Waals surface area contributed by atoms with E-state index >= 15 is 0 Å². The Hall–Kier alpha value is -5.62. The third-order valence-electron chi connectivity index (χ3n) is 7.44. The van der Waals surface area contributed by atoms with Crippen LogP contribution in [0.2, 0.25) is 0 Å². The number of anilines is 3. The Morgan fingerprint density at radius 3 is 2.17 bits per heavy atom. The first-order chi connectivity index (χ1) is 22.7. The van der Waals surface area contributed by atoms with Crippen LogP contribution in [0.5, 0.6) is 17.2 Å². The Balaban J connectivity index is 1.38. The lowest BCUT2D eigenvalue weighted by Crippen LogP contribution is -2.22. The highest BCUT2D eigenvalue weighted by molar-refractivity contribution is 7.92. The van der Waals surface area contributed by atoms with Crippen molar-refractivity contribution in [3.63, 3.8) is 0 Å². The Morgan fingerprint density at radius 1 is 0.854 bits per heavy atom. The second kappa shape index (κ2) is 13.6. The maximum Gasteiger partial charge on any atom is 0.335 e. The lowest BCUT2D eigenvalue weighted by Gasteiger charge is -2.24. The molecule has 4 aromatic carbocycles. The smallest absolute Gasteiger partial charge is 0.335 e. The molecule has 12 heteroatoms. The van der Waals surface area contributed by atoms with E-state index in [0.717, 1.165) is 33.8 Å². The number of nitrogens with zero attached hydrogens (tertiary/aromatic N) is 1. The number of fused-ring (bicyclic) bond motifs is 1. The lowest BCUT2D eigenvalue weighted by atomic mass is 9.86. The molecule has 5 aromatic rings. The monoisotopic (exact) mass is 668 g/mol. The summed E-state index contributed by atoms with van der Waals surface area (Å²) in [7, 11) is -2.23. The molecule has 0 aliphatic heterocycles. The maximum absolute atomic E-state index is 13.4. The fourth-order valence-electron chi connectivity index (χ4n) is 5.11. The van der Waals surface area contributed by atoms with E-state index in [2.05, 4.69) is 20.3 Å². The fraction of sp³-hybridized carbons (Fsp3) is 0.194. The standard InChI is InChI=1S/C36H36N4O7S/c1-36(2,3)24-19-30(33(46-4)31(20-24)40-48(5,44)45)39-35(43)38-29-14-15-32(28-9-7-6-8-27(28)29)47-26-16-17-37-25(21-26)18-22-10-12-23(13-11-22)34(41)42/h6-17,19-21,40H,18H2,1-5H3,(H,41,42)(H2,38,39,43). The topological polar surface area (TPSA) is 156 Å². The van der Waals surface area contributed by atoms with Gasteiger partial charge in [-0.2, -0.15) is 0 Å². The summed E-state index contributed by atoms with van der Waals surface area (Å²) in [6, 6.07) is 24.1. The third kappa shape index (κ3) is 8.20. The molecule has 48 heavy (non-hydrogen) atoms. The van der Waals surface area contributed by atoms with Crippen LogP contribution in [-0.2, 0) is 21.9 Å². The number of amides is 2. The number of carboxylic acids is 1. The molecule has 0 aliphatic carbocycles. The molecule has 0 radical (unpaired) electrons. The molecule has 0 spiro atoms. The molecule has 248 valence electrons. The Bertz CT molecular complexity index is 2110. The first-order valence-electron chi connectivity index (χ1n) is 15.0. The van der Waals surface area contributed by atoms with Crippen LogP contribution in [-0.4, -0.2) is 43.9 Å². The van der Waals surface area contributed by atoms with Crippen LogP contribution in [0.15, 0.2) is 91.1 Å². The number of urea groups is 1. The summed E-state index contributed by atoms with van der Waals surface area (Å²) in [5, 5.41) is 16.4. The molecule has 5 rings (SSSR count). The fourth-order valence-corrected chi connectivity index (χ4v) is 5.66. The molecular weight excluding hydrogens is 632 g/mol. The second-order valence-electron chi connectivity index (χ2n) is 12.2. The third-order valence-corrected chi connectivity index (χ3v) is 8.03. The minimum atomic E-state index is -3.63. The van der Waals surface area contributed by atoms with Gasteiger partial charge in [0, 0.05) is 35.2 Å². The number of hydrogen-bond acceptors (Lipinski definition) is 7. The molecule has 0 unspecified atom stereocenters. The quantitative estimate of drug-likeness (QED) is 0.118. The number of carbonyl (C=O) groups is 2. The van der Waals surface area contributed by atoms with Crippen molar-refractivity contribution in [2.75, 3.05) is 28.7 Å². The number of hydrogen-bond donors (Lipinski definition) is 4. The van der Waals surface area contributed by atoms with E-state index in [4.69, 9.17) is 14.6 Å². The zero-order valence-corrected chi connectivity index (χ0v) is 27.9. The zero-order valence-electron chi connectivity index (χ0n) is 27.1. The first kappa shape index (κ1) is 33.7. The van der Waals surface area contributed by atoms with Gasteiger partial charge in [0.25, 0.3) is 0 Å². The van der Waals surface area contributed by atoms with Gasteiger partial charge in [-0.15, -0.1) is 0 Å². The van der Waals surface area contributed by atoms with Crippen molar-refractivity contribution < 1.29 is 32.6 Å². The molecule has 0 saturated carbocycles. The van der Waals surface area contributed by atoms with Gasteiger partial charge in [0.05, 0.1) is 36.0 Å². The number of ether oxygens (including phenoxy) is 2. The van der Waals surface area contributed by atoms with Crippen LogP contribution >= 0.6 is 0 Å². The number of sulfonamides is 1. The maximum atomic E-state index is 13.4. The van der Waals surface area contributed by atoms with Gasteiger partial charge in [-0.3, -0.25) is 9.71 Å². The summed E-state index contributed by atoms with van der Waals surface area (Å²) in [4.78, 5) is 29.0. The zero-order chi connectivity index (χ0) is 34.6. The highest BCUT2D eigenvalue weighted by Crippen LogP contribution is 2.40. The average Bonchev–Trinajstić information content (AvgIpc) is 3.01. The lowest BCUT2D eigenvalue weighted by molar-refractivity contribution is 0.0696. The summed E-state index contributed by atoms with van der Waals surface area (Å²) in [5.74, 6) is 0.324. The van der Waals surface area contributed by atoms with E-state index in [-0.39, 0.29) is 22.4 Å². The Morgan fingerprint density at radius 2 is 1.52 bits per heavy atom. The molecule has 1 aromatic heterocycles. The summed E-state index contributed by atoms with van der Waals surface area (Å²) in [6.07, 6.45) is 3.19. The Labute approximate surface area is 279 Å². The van der Waals surface area contributed by atoms with E-state index in [0.29, 0.717) is 29.3 Å². The van der Waals surface area contributed by atoms with Crippen LogP contribution in [0, 0.1) is 0 Å². The predicted molar refractivity (Wildman–Crippen MR) is 187 cm³/mol.